The standard InChI is InChI=1S/C9H10N4S2/c1-10-9-13-12-8(15-9)6-14-7-4-2-3-5-11-7/h2-5H,6H2,1H3,(H,10,13). The molecule has 0 atom stereocenters. The van der Waals surface area contributed by atoms with Gasteiger partial charge in [-0.1, -0.05) is 29.2 Å². The van der Waals surface area contributed by atoms with Crippen molar-refractivity contribution >= 4 is 28.2 Å². The lowest BCUT2D eigenvalue weighted by Crippen LogP contribution is -1.84. The molecule has 0 saturated carbocycles. The van der Waals surface area contributed by atoms with Crippen LogP contribution in [0.15, 0.2) is 29.4 Å². The highest BCUT2D eigenvalue weighted by molar-refractivity contribution is 7.98. The van der Waals surface area contributed by atoms with Gasteiger partial charge in [-0.25, -0.2) is 4.98 Å². The minimum atomic E-state index is 0.816. The summed E-state index contributed by atoms with van der Waals surface area (Å²) in [5.41, 5.74) is 0. The largest absolute Gasteiger partial charge is 0.363 e. The van der Waals surface area contributed by atoms with Gasteiger partial charge in [0, 0.05) is 13.2 Å². The molecule has 0 fully saturated rings. The fourth-order valence-electron chi connectivity index (χ4n) is 0.981. The zero-order valence-electron chi connectivity index (χ0n) is 8.17. The highest BCUT2D eigenvalue weighted by atomic mass is 32.2. The van der Waals surface area contributed by atoms with Crippen LogP contribution in [0, 0.1) is 0 Å². The van der Waals surface area contributed by atoms with E-state index < -0.39 is 0 Å². The highest BCUT2D eigenvalue weighted by Gasteiger charge is 2.03. The molecular weight excluding hydrogens is 228 g/mol. The van der Waals surface area contributed by atoms with Gasteiger partial charge in [-0.15, -0.1) is 10.2 Å². The summed E-state index contributed by atoms with van der Waals surface area (Å²) in [5, 5.41) is 13.9. The summed E-state index contributed by atoms with van der Waals surface area (Å²) >= 11 is 3.24. The topological polar surface area (TPSA) is 50.7 Å². The van der Waals surface area contributed by atoms with Gasteiger partial charge in [-0.3, -0.25) is 0 Å². The molecule has 1 N–H and O–H groups in total. The number of aromatic nitrogens is 3. The molecule has 0 amide bonds. The van der Waals surface area contributed by atoms with Gasteiger partial charge in [0.05, 0.1) is 10.8 Å². The molecule has 0 aliphatic rings. The van der Waals surface area contributed by atoms with E-state index in [1.54, 1.807) is 29.3 Å². The van der Waals surface area contributed by atoms with E-state index in [4.69, 9.17) is 0 Å². The molecule has 2 aromatic heterocycles. The average molecular weight is 238 g/mol. The Hall–Kier alpha value is -1.14. The molecule has 4 nitrogen and oxygen atoms in total. The SMILES string of the molecule is CNc1nnc(CSc2ccccn2)s1. The maximum absolute atomic E-state index is 4.22. The molecular formula is C9H10N4S2. The van der Waals surface area contributed by atoms with Crippen molar-refractivity contribution in [2.45, 2.75) is 10.8 Å². The molecule has 0 unspecified atom stereocenters. The predicted molar refractivity (Wildman–Crippen MR) is 63.3 cm³/mol. The number of rotatable bonds is 4. The Morgan fingerprint density at radius 3 is 3.00 bits per heavy atom. The second-order valence-corrected chi connectivity index (χ2v) is 4.77. The van der Waals surface area contributed by atoms with Gasteiger partial charge < -0.3 is 5.32 Å². The first kappa shape index (κ1) is 10.4. The van der Waals surface area contributed by atoms with E-state index >= 15 is 0 Å². The number of anilines is 1. The first-order chi connectivity index (χ1) is 7.38. The summed E-state index contributed by atoms with van der Waals surface area (Å²) in [6.07, 6.45) is 1.79. The highest BCUT2D eigenvalue weighted by Crippen LogP contribution is 2.23. The fourth-order valence-corrected chi connectivity index (χ4v) is 2.52. The monoisotopic (exact) mass is 238 g/mol. The summed E-state index contributed by atoms with van der Waals surface area (Å²) in [4.78, 5) is 4.22. The summed E-state index contributed by atoms with van der Waals surface area (Å²) in [7, 11) is 1.84. The Kier molecular flexibility index (Phi) is 3.52. The Balaban J connectivity index is 1.93. The van der Waals surface area contributed by atoms with Crippen molar-refractivity contribution in [2.24, 2.45) is 0 Å². The molecule has 0 saturated heterocycles. The molecule has 78 valence electrons. The summed E-state index contributed by atoms with van der Waals surface area (Å²) in [6.45, 7) is 0. The lowest BCUT2D eigenvalue weighted by molar-refractivity contribution is 1.04. The zero-order chi connectivity index (χ0) is 10.5. The van der Waals surface area contributed by atoms with Gasteiger partial charge in [0.15, 0.2) is 0 Å². The lowest BCUT2D eigenvalue weighted by Gasteiger charge is -1.95. The van der Waals surface area contributed by atoms with Crippen molar-refractivity contribution in [3.8, 4) is 0 Å². The number of pyridine rings is 1. The minimum absolute atomic E-state index is 0.816. The van der Waals surface area contributed by atoms with Crippen LogP contribution in [0.1, 0.15) is 5.01 Å². The molecule has 0 aromatic carbocycles. The average Bonchev–Trinajstić information content (AvgIpc) is 2.76. The van der Waals surface area contributed by atoms with Crippen LogP contribution in [0.25, 0.3) is 0 Å². The van der Waals surface area contributed by atoms with Crippen molar-refractivity contribution in [2.75, 3.05) is 12.4 Å². The van der Waals surface area contributed by atoms with Crippen LogP contribution in [-0.2, 0) is 5.75 Å². The minimum Gasteiger partial charge on any atom is -0.363 e. The van der Waals surface area contributed by atoms with Crippen LogP contribution >= 0.6 is 23.1 Å². The number of thioether (sulfide) groups is 1. The maximum Gasteiger partial charge on any atom is 0.205 e. The summed E-state index contributed by atoms with van der Waals surface area (Å²) < 4.78 is 0. The van der Waals surface area contributed by atoms with Gasteiger partial charge in [-0.2, -0.15) is 0 Å². The molecule has 0 radical (unpaired) electrons. The molecule has 0 spiro atoms. The number of nitrogens with zero attached hydrogens (tertiary/aromatic N) is 3. The number of hydrogen-bond acceptors (Lipinski definition) is 6. The Morgan fingerprint density at radius 2 is 2.33 bits per heavy atom. The Labute approximate surface area is 96.2 Å². The van der Waals surface area contributed by atoms with Crippen LogP contribution in [0.5, 0.6) is 0 Å². The second-order valence-electron chi connectivity index (χ2n) is 2.71. The summed E-state index contributed by atoms with van der Waals surface area (Å²) in [5.74, 6) is 0.816. The number of hydrogen-bond donors (Lipinski definition) is 1. The van der Waals surface area contributed by atoms with Gasteiger partial charge in [0.1, 0.15) is 5.01 Å². The van der Waals surface area contributed by atoms with Crippen molar-refractivity contribution in [1.29, 1.82) is 0 Å². The zero-order valence-corrected chi connectivity index (χ0v) is 9.81. The van der Waals surface area contributed by atoms with Crippen LogP contribution < -0.4 is 5.32 Å². The van der Waals surface area contributed by atoms with E-state index in [0.717, 1.165) is 20.9 Å². The third-order valence-electron chi connectivity index (χ3n) is 1.66. The molecule has 0 bridgehead atoms. The van der Waals surface area contributed by atoms with Crippen molar-refractivity contribution < 1.29 is 0 Å². The first-order valence-corrected chi connectivity index (χ1v) is 6.22. The van der Waals surface area contributed by atoms with Gasteiger partial charge in [-0.05, 0) is 12.1 Å². The van der Waals surface area contributed by atoms with E-state index in [0.29, 0.717) is 0 Å². The van der Waals surface area contributed by atoms with Crippen molar-refractivity contribution in [3.63, 3.8) is 0 Å². The molecule has 6 heteroatoms. The van der Waals surface area contributed by atoms with Crippen LogP contribution in [0.4, 0.5) is 5.13 Å². The second kappa shape index (κ2) is 5.09. The third kappa shape index (κ3) is 2.90. The van der Waals surface area contributed by atoms with Crippen LogP contribution in [-0.4, -0.2) is 22.2 Å². The quantitative estimate of drug-likeness (QED) is 0.828. The van der Waals surface area contributed by atoms with Crippen LogP contribution in [0.2, 0.25) is 0 Å². The predicted octanol–water partition coefficient (Wildman–Crippen LogP) is 2.27. The molecule has 15 heavy (non-hydrogen) atoms. The number of nitrogens with one attached hydrogen (secondary N) is 1. The summed E-state index contributed by atoms with van der Waals surface area (Å²) in [6, 6.07) is 5.88. The molecule has 0 aliphatic carbocycles. The van der Waals surface area contributed by atoms with Crippen molar-refractivity contribution in [3.05, 3.63) is 29.4 Å². The van der Waals surface area contributed by atoms with Crippen molar-refractivity contribution in [1.82, 2.24) is 15.2 Å². The van der Waals surface area contributed by atoms with Crippen LogP contribution in [0.3, 0.4) is 0 Å². The molecule has 2 heterocycles. The van der Waals surface area contributed by atoms with Gasteiger partial charge in [0.2, 0.25) is 5.13 Å². The molecule has 2 rings (SSSR count). The van der Waals surface area contributed by atoms with Gasteiger partial charge in [0.25, 0.3) is 0 Å². The fraction of sp³-hybridized carbons (Fsp3) is 0.222. The molecule has 0 aliphatic heterocycles. The van der Waals surface area contributed by atoms with E-state index in [1.807, 2.05) is 25.2 Å². The Bertz CT molecular complexity index is 415. The van der Waals surface area contributed by atoms with E-state index in [1.165, 1.54) is 0 Å². The van der Waals surface area contributed by atoms with Gasteiger partial charge >= 0.3 is 0 Å². The van der Waals surface area contributed by atoms with E-state index in [9.17, 15) is 0 Å². The Morgan fingerprint density at radius 1 is 1.40 bits per heavy atom. The first-order valence-electron chi connectivity index (χ1n) is 4.42. The third-order valence-corrected chi connectivity index (χ3v) is 3.74. The lowest BCUT2D eigenvalue weighted by atomic mass is 10.5. The smallest absolute Gasteiger partial charge is 0.205 e. The normalized spacial score (nSPS) is 10.2. The maximum atomic E-state index is 4.22. The van der Waals surface area contributed by atoms with E-state index in [2.05, 4.69) is 20.5 Å². The molecule has 2 aromatic rings. The van der Waals surface area contributed by atoms with E-state index in [-0.39, 0.29) is 0 Å².